The van der Waals surface area contributed by atoms with E-state index in [1.165, 1.54) is 12.4 Å². The summed E-state index contributed by atoms with van der Waals surface area (Å²) in [6.45, 7) is 4.37. The van der Waals surface area contributed by atoms with E-state index in [-0.39, 0.29) is 5.56 Å². The first-order valence-corrected chi connectivity index (χ1v) is 6.74. The highest BCUT2D eigenvalue weighted by molar-refractivity contribution is 5.37. The van der Waals surface area contributed by atoms with Gasteiger partial charge in [0.05, 0.1) is 11.6 Å². The molecule has 0 fully saturated rings. The van der Waals surface area contributed by atoms with Gasteiger partial charge in [-0.25, -0.2) is 0 Å². The summed E-state index contributed by atoms with van der Waals surface area (Å²) in [5.74, 6) is 0. The molecule has 21 heavy (non-hydrogen) atoms. The van der Waals surface area contributed by atoms with Crippen LogP contribution in [0.25, 0.3) is 0 Å². The lowest BCUT2D eigenvalue weighted by atomic mass is 9.95. The van der Waals surface area contributed by atoms with Crippen LogP contribution in [0.4, 0.5) is 13.2 Å². The zero-order valence-corrected chi connectivity index (χ0v) is 11.9. The highest BCUT2D eigenvalue weighted by Crippen LogP contribution is 2.36. The van der Waals surface area contributed by atoms with Crippen molar-refractivity contribution in [2.24, 2.45) is 0 Å². The summed E-state index contributed by atoms with van der Waals surface area (Å²) in [7, 11) is 0. The molecule has 1 unspecified atom stereocenters. The smallest absolute Gasteiger partial charge is 0.306 e. The molecule has 2 nitrogen and oxygen atoms in total. The monoisotopic (exact) mass is 294 g/mol. The van der Waals surface area contributed by atoms with Crippen LogP contribution in [-0.4, -0.2) is 11.5 Å². The Kier molecular flexibility index (Phi) is 4.63. The molecule has 0 aliphatic carbocycles. The summed E-state index contributed by atoms with van der Waals surface area (Å²) in [4.78, 5) is 3.87. The van der Waals surface area contributed by atoms with Crippen molar-refractivity contribution in [2.75, 3.05) is 6.54 Å². The maximum Gasteiger partial charge on any atom is 0.416 e. The highest BCUT2D eigenvalue weighted by atomic mass is 19.4. The van der Waals surface area contributed by atoms with Crippen LogP contribution in [0.1, 0.15) is 35.2 Å². The minimum atomic E-state index is -4.39. The number of rotatable bonds is 4. The summed E-state index contributed by atoms with van der Waals surface area (Å²) < 4.78 is 39.5. The molecule has 0 amide bonds. The van der Waals surface area contributed by atoms with Gasteiger partial charge in [0.1, 0.15) is 0 Å². The van der Waals surface area contributed by atoms with Crippen molar-refractivity contribution >= 4 is 0 Å². The van der Waals surface area contributed by atoms with E-state index < -0.39 is 17.8 Å². The molecule has 112 valence electrons. The predicted molar refractivity (Wildman–Crippen MR) is 75.9 cm³/mol. The van der Waals surface area contributed by atoms with Gasteiger partial charge in [-0.3, -0.25) is 4.98 Å². The van der Waals surface area contributed by atoms with Crippen molar-refractivity contribution in [2.45, 2.75) is 26.1 Å². The van der Waals surface area contributed by atoms with Crippen molar-refractivity contribution in [3.63, 3.8) is 0 Å². The Bertz CT molecular complexity index is 591. The van der Waals surface area contributed by atoms with Crippen LogP contribution in [-0.2, 0) is 6.18 Å². The fraction of sp³-hybridized carbons (Fsp3) is 0.312. The van der Waals surface area contributed by atoms with Gasteiger partial charge < -0.3 is 5.32 Å². The second kappa shape index (κ2) is 6.26. The fourth-order valence-electron chi connectivity index (χ4n) is 2.27. The van der Waals surface area contributed by atoms with E-state index >= 15 is 0 Å². The zero-order chi connectivity index (χ0) is 15.5. The molecular formula is C16H17F3N2. The minimum Gasteiger partial charge on any atom is -0.306 e. The number of hydrogen-bond donors (Lipinski definition) is 1. The summed E-state index contributed by atoms with van der Waals surface area (Å²) in [5.41, 5.74) is 1.36. The molecule has 1 aromatic heterocycles. The van der Waals surface area contributed by atoms with Gasteiger partial charge in [-0.2, -0.15) is 13.2 Å². The van der Waals surface area contributed by atoms with Crippen molar-refractivity contribution in [1.29, 1.82) is 0 Å². The van der Waals surface area contributed by atoms with E-state index in [1.54, 1.807) is 0 Å². The molecule has 1 aromatic carbocycles. The molecule has 0 saturated carbocycles. The first kappa shape index (κ1) is 15.5. The van der Waals surface area contributed by atoms with E-state index in [9.17, 15) is 13.2 Å². The van der Waals surface area contributed by atoms with Gasteiger partial charge in [0.15, 0.2) is 0 Å². The summed E-state index contributed by atoms with van der Waals surface area (Å²) >= 11 is 0. The number of nitrogens with one attached hydrogen (secondary N) is 1. The highest BCUT2D eigenvalue weighted by Gasteiger charge is 2.35. The second-order valence-electron chi connectivity index (χ2n) is 4.86. The van der Waals surface area contributed by atoms with Crippen molar-refractivity contribution < 1.29 is 13.2 Å². The fourth-order valence-corrected chi connectivity index (χ4v) is 2.27. The van der Waals surface area contributed by atoms with Crippen molar-refractivity contribution in [1.82, 2.24) is 10.3 Å². The number of hydrogen-bond acceptors (Lipinski definition) is 2. The number of aromatic nitrogens is 1. The largest absolute Gasteiger partial charge is 0.416 e. The van der Waals surface area contributed by atoms with Crippen LogP contribution < -0.4 is 5.32 Å². The Balaban J connectivity index is 2.51. The van der Waals surface area contributed by atoms with Gasteiger partial charge in [0.25, 0.3) is 0 Å². The van der Waals surface area contributed by atoms with E-state index in [2.05, 4.69) is 10.3 Å². The van der Waals surface area contributed by atoms with Crippen molar-refractivity contribution in [3.8, 4) is 0 Å². The minimum absolute atomic E-state index is 0.149. The zero-order valence-electron chi connectivity index (χ0n) is 11.9. The van der Waals surface area contributed by atoms with Crippen LogP contribution in [0.5, 0.6) is 0 Å². The lowest BCUT2D eigenvalue weighted by molar-refractivity contribution is -0.138. The normalized spacial score (nSPS) is 13.2. The van der Waals surface area contributed by atoms with Gasteiger partial charge in [-0.15, -0.1) is 0 Å². The van der Waals surface area contributed by atoms with Crippen LogP contribution in [0.15, 0.2) is 42.7 Å². The Morgan fingerprint density at radius 2 is 1.81 bits per heavy atom. The molecule has 1 N–H and O–H groups in total. The van der Waals surface area contributed by atoms with E-state index in [0.717, 1.165) is 17.2 Å². The quantitative estimate of drug-likeness (QED) is 0.918. The molecular weight excluding hydrogens is 277 g/mol. The van der Waals surface area contributed by atoms with Crippen LogP contribution in [0, 0.1) is 6.92 Å². The number of pyridine rings is 1. The SMILES string of the molecule is CCNC(c1ccc(C)cc1)c1cnccc1C(F)(F)F. The van der Waals surface area contributed by atoms with Gasteiger partial charge in [-0.05, 0) is 25.1 Å². The number of aryl methyl sites for hydroxylation is 1. The third-order valence-electron chi connectivity index (χ3n) is 3.29. The van der Waals surface area contributed by atoms with Crippen LogP contribution in [0.3, 0.4) is 0 Å². The van der Waals surface area contributed by atoms with Crippen molar-refractivity contribution in [3.05, 3.63) is 65.0 Å². The number of alkyl halides is 3. The molecule has 1 atom stereocenters. The summed E-state index contributed by atoms with van der Waals surface area (Å²) in [6, 6.07) is 7.97. The Morgan fingerprint density at radius 3 is 2.38 bits per heavy atom. The molecule has 1 heterocycles. The Labute approximate surface area is 122 Å². The molecule has 0 spiro atoms. The predicted octanol–water partition coefficient (Wildman–Crippen LogP) is 4.11. The average molecular weight is 294 g/mol. The summed E-state index contributed by atoms with van der Waals surface area (Å²) in [5, 5.41) is 3.11. The first-order chi connectivity index (χ1) is 9.93. The number of nitrogens with zero attached hydrogens (tertiary/aromatic N) is 1. The van der Waals surface area contributed by atoms with E-state index in [4.69, 9.17) is 0 Å². The van der Waals surface area contributed by atoms with Crippen LogP contribution >= 0.6 is 0 Å². The topological polar surface area (TPSA) is 24.9 Å². The molecule has 5 heteroatoms. The lowest BCUT2D eigenvalue weighted by Gasteiger charge is -2.22. The third kappa shape index (κ3) is 3.61. The Morgan fingerprint density at radius 1 is 1.14 bits per heavy atom. The first-order valence-electron chi connectivity index (χ1n) is 6.74. The summed E-state index contributed by atoms with van der Waals surface area (Å²) in [6.07, 6.45) is -1.93. The van der Waals surface area contributed by atoms with Gasteiger partial charge in [0, 0.05) is 18.0 Å². The molecule has 2 rings (SSSR count). The maximum absolute atomic E-state index is 13.2. The number of halogens is 3. The average Bonchev–Trinajstić information content (AvgIpc) is 2.45. The molecule has 0 radical (unpaired) electrons. The van der Waals surface area contributed by atoms with E-state index in [0.29, 0.717) is 6.54 Å². The van der Waals surface area contributed by atoms with Gasteiger partial charge in [0.2, 0.25) is 0 Å². The van der Waals surface area contributed by atoms with Crippen LogP contribution in [0.2, 0.25) is 0 Å². The molecule has 0 saturated heterocycles. The van der Waals surface area contributed by atoms with Gasteiger partial charge >= 0.3 is 6.18 Å². The molecule has 0 aliphatic heterocycles. The third-order valence-corrected chi connectivity index (χ3v) is 3.29. The van der Waals surface area contributed by atoms with Gasteiger partial charge in [-0.1, -0.05) is 36.8 Å². The standard InChI is InChI=1S/C16H17F3N2/c1-3-21-15(12-6-4-11(2)5-7-12)13-10-20-9-8-14(13)16(17,18)19/h4-10,15,21H,3H2,1-2H3. The Hall–Kier alpha value is -1.88. The lowest BCUT2D eigenvalue weighted by Crippen LogP contribution is -2.25. The van der Waals surface area contributed by atoms with E-state index in [1.807, 2.05) is 38.1 Å². The maximum atomic E-state index is 13.2. The molecule has 0 aliphatic rings. The molecule has 2 aromatic rings. The molecule has 0 bridgehead atoms. The second-order valence-corrected chi connectivity index (χ2v) is 4.86. The number of benzene rings is 1.